The monoisotopic (exact) mass is 546 g/mol. The first-order chi connectivity index (χ1) is 17.6. The molecule has 0 fully saturated rings. The number of benzene rings is 2. The van der Waals surface area contributed by atoms with Crippen molar-refractivity contribution in [3.8, 4) is 0 Å². The summed E-state index contributed by atoms with van der Waals surface area (Å²) in [7, 11) is 1.07. The number of carbonyl (C=O) groups is 2. The van der Waals surface area contributed by atoms with Gasteiger partial charge in [0.1, 0.15) is 0 Å². The van der Waals surface area contributed by atoms with E-state index in [-0.39, 0.29) is 24.7 Å². The van der Waals surface area contributed by atoms with E-state index in [0.29, 0.717) is 23.4 Å². The van der Waals surface area contributed by atoms with Crippen LogP contribution in [0.4, 0.5) is 41.6 Å². The van der Waals surface area contributed by atoms with Crippen molar-refractivity contribution in [3.63, 3.8) is 0 Å². The van der Waals surface area contributed by atoms with Gasteiger partial charge in [0.25, 0.3) is 0 Å². The van der Waals surface area contributed by atoms with Crippen LogP contribution in [0.2, 0.25) is 0 Å². The summed E-state index contributed by atoms with van der Waals surface area (Å²) in [5.74, 6) is 0. The van der Waals surface area contributed by atoms with Crippen LogP contribution in [0.3, 0.4) is 0 Å². The lowest BCUT2D eigenvalue weighted by Crippen LogP contribution is -2.47. The molecule has 0 saturated carbocycles. The van der Waals surface area contributed by atoms with E-state index < -0.39 is 54.3 Å². The first-order valence-corrected chi connectivity index (χ1v) is 11.8. The molecule has 0 radical (unpaired) electrons. The maximum atomic E-state index is 13.4. The third-order valence-electron chi connectivity index (χ3n) is 6.52. The van der Waals surface area contributed by atoms with E-state index in [4.69, 9.17) is 9.47 Å². The second kappa shape index (κ2) is 10.7. The standard InChI is InChI=1S/C26H28F6N2O4/c1-6-38-24(36)34-16(4)9-21(20-7-14(2)15(3)8-22(20)34)33(23(35)37-5)13-17-10-18(25(27,28)29)12-19(11-17)26(30,31)32/h7-8,10-12,16,21H,6,9,13H2,1-5H3/t16-,21+/m1/s1. The van der Waals surface area contributed by atoms with Crippen molar-refractivity contribution in [1.82, 2.24) is 4.90 Å². The topological polar surface area (TPSA) is 59.1 Å². The highest BCUT2D eigenvalue weighted by Gasteiger charge is 2.41. The Morgan fingerprint density at radius 3 is 2.03 bits per heavy atom. The molecule has 2 aromatic rings. The molecular formula is C26H28F6N2O4. The smallest absolute Gasteiger partial charge is 0.416 e. The minimum atomic E-state index is -5.03. The number of amides is 2. The molecule has 2 amide bonds. The van der Waals surface area contributed by atoms with E-state index in [0.717, 1.165) is 23.1 Å². The number of carbonyl (C=O) groups excluding carboxylic acids is 2. The van der Waals surface area contributed by atoms with E-state index in [1.54, 1.807) is 26.0 Å². The summed E-state index contributed by atoms with van der Waals surface area (Å²) in [6.45, 7) is 6.53. The molecule has 208 valence electrons. The Bertz CT molecular complexity index is 1180. The van der Waals surface area contributed by atoms with E-state index in [1.165, 1.54) is 4.90 Å². The van der Waals surface area contributed by atoms with Crippen molar-refractivity contribution in [2.24, 2.45) is 0 Å². The molecule has 1 aliphatic rings. The molecule has 0 aliphatic carbocycles. The number of hydrogen-bond acceptors (Lipinski definition) is 4. The van der Waals surface area contributed by atoms with E-state index in [1.807, 2.05) is 13.8 Å². The van der Waals surface area contributed by atoms with E-state index in [9.17, 15) is 35.9 Å². The van der Waals surface area contributed by atoms with Crippen molar-refractivity contribution in [3.05, 3.63) is 63.7 Å². The molecule has 6 nitrogen and oxygen atoms in total. The number of methoxy groups -OCH3 is 1. The third kappa shape index (κ3) is 5.99. The van der Waals surface area contributed by atoms with Crippen molar-refractivity contribution < 1.29 is 45.4 Å². The zero-order chi connectivity index (χ0) is 28.6. The quantitative estimate of drug-likeness (QED) is 0.375. The molecule has 0 N–H and O–H groups in total. The third-order valence-corrected chi connectivity index (χ3v) is 6.52. The molecule has 0 saturated heterocycles. The molecule has 0 spiro atoms. The summed E-state index contributed by atoms with van der Waals surface area (Å²) in [5.41, 5.74) is -0.757. The van der Waals surface area contributed by atoms with Gasteiger partial charge < -0.3 is 9.47 Å². The Labute approximate surface area is 216 Å². The number of halogens is 6. The van der Waals surface area contributed by atoms with Gasteiger partial charge in [-0.25, -0.2) is 9.59 Å². The molecule has 1 heterocycles. The van der Waals surface area contributed by atoms with Crippen molar-refractivity contribution >= 4 is 17.9 Å². The molecular weight excluding hydrogens is 518 g/mol. The SMILES string of the molecule is CCOC(=O)N1c2cc(C)c(C)cc2[C@@H](N(Cc2cc(C(F)(F)F)cc(C(F)(F)F)c2)C(=O)OC)C[C@H]1C. The van der Waals surface area contributed by atoms with Gasteiger partial charge in [0.05, 0.1) is 36.6 Å². The van der Waals surface area contributed by atoms with Crippen molar-refractivity contribution in [1.29, 1.82) is 0 Å². The van der Waals surface area contributed by atoms with Gasteiger partial charge in [-0.1, -0.05) is 6.07 Å². The second-order valence-electron chi connectivity index (χ2n) is 9.18. The van der Waals surface area contributed by atoms with Crippen LogP contribution in [-0.2, 0) is 28.4 Å². The number of hydrogen-bond donors (Lipinski definition) is 0. The summed E-state index contributed by atoms with van der Waals surface area (Å²) in [6, 6.07) is 3.36. The number of anilines is 1. The number of rotatable bonds is 4. The first-order valence-electron chi connectivity index (χ1n) is 11.8. The van der Waals surface area contributed by atoms with Crippen LogP contribution in [0, 0.1) is 13.8 Å². The fraction of sp³-hybridized carbons (Fsp3) is 0.462. The van der Waals surface area contributed by atoms with Crippen LogP contribution < -0.4 is 4.90 Å². The van der Waals surface area contributed by atoms with Crippen LogP contribution in [0.15, 0.2) is 30.3 Å². The van der Waals surface area contributed by atoms with Crippen LogP contribution in [0.25, 0.3) is 0 Å². The van der Waals surface area contributed by atoms with E-state index >= 15 is 0 Å². The van der Waals surface area contributed by atoms with Crippen LogP contribution >= 0.6 is 0 Å². The minimum Gasteiger partial charge on any atom is -0.453 e. The maximum absolute atomic E-state index is 13.4. The lowest BCUT2D eigenvalue weighted by atomic mass is 9.88. The maximum Gasteiger partial charge on any atom is 0.416 e. The Kier molecular flexibility index (Phi) is 8.23. The van der Waals surface area contributed by atoms with Gasteiger partial charge >= 0.3 is 24.5 Å². The molecule has 2 aromatic carbocycles. The predicted octanol–water partition coefficient (Wildman–Crippen LogP) is 7.41. The van der Waals surface area contributed by atoms with Gasteiger partial charge in [-0.2, -0.15) is 26.3 Å². The number of fused-ring (bicyclic) bond motifs is 1. The van der Waals surface area contributed by atoms with E-state index in [2.05, 4.69) is 0 Å². The highest BCUT2D eigenvalue weighted by atomic mass is 19.4. The van der Waals surface area contributed by atoms with Gasteiger partial charge in [-0.05, 0) is 80.6 Å². The van der Waals surface area contributed by atoms with Gasteiger partial charge in [-0.15, -0.1) is 0 Å². The largest absolute Gasteiger partial charge is 0.453 e. The second-order valence-corrected chi connectivity index (χ2v) is 9.18. The Balaban J connectivity index is 2.16. The number of nitrogens with zero attached hydrogens (tertiary/aromatic N) is 2. The summed E-state index contributed by atoms with van der Waals surface area (Å²) >= 11 is 0. The van der Waals surface area contributed by atoms with Gasteiger partial charge in [0.2, 0.25) is 0 Å². The normalized spacial score (nSPS) is 17.6. The van der Waals surface area contributed by atoms with Crippen LogP contribution in [0.1, 0.15) is 59.7 Å². The Morgan fingerprint density at radius 2 is 1.53 bits per heavy atom. The lowest BCUT2D eigenvalue weighted by molar-refractivity contribution is -0.143. The zero-order valence-electron chi connectivity index (χ0n) is 21.5. The molecule has 3 rings (SSSR count). The lowest BCUT2D eigenvalue weighted by Gasteiger charge is -2.43. The average molecular weight is 547 g/mol. The number of ether oxygens (including phenoxy) is 2. The number of alkyl halides is 6. The fourth-order valence-electron chi connectivity index (χ4n) is 4.58. The highest BCUT2D eigenvalue weighted by Crippen LogP contribution is 2.43. The van der Waals surface area contributed by atoms with Crippen LogP contribution in [0.5, 0.6) is 0 Å². The molecule has 0 aromatic heterocycles. The average Bonchev–Trinajstić information content (AvgIpc) is 2.81. The zero-order valence-corrected chi connectivity index (χ0v) is 21.5. The van der Waals surface area contributed by atoms with Crippen molar-refractivity contribution in [2.45, 2.75) is 65.1 Å². The summed E-state index contributed by atoms with van der Waals surface area (Å²) < 4.78 is 90.7. The molecule has 0 unspecified atom stereocenters. The molecule has 1 aliphatic heterocycles. The predicted molar refractivity (Wildman–Crippen MR) is 127 cm³/mol. The number of aryl methyl sites for hydroxylation is 2. The summed E-state index contributed by atoms with van der Waals surface area (Å²) in [4.78, 5) is 28.2. The molecule has 12 heteroatoms. The Morgan fingerprint density at radius 1 is 0.974 bits per heavy atom. The molecule has 0 bridgehead atoms. The summed E-state index contributed by atoms with van der Waals surface area (Å²) in [6.07, 6.45) is -11.5. The first kappa shape index (κ1) is 29.1. The minimum absolute atomic E-state index is 0.0350. The highest BCUT2D eigenvalue weighted by molar-refractivity contribution is 5.90. The molecule has 2 atom stereocenters. The molecule has 38 heavy (non-hydrogen) atoms. The summed E-state index contributed by atoms with van der Waals surface area (Å²) in [5, 5.41) is 0. The van der Waals surface area contributed by atoms with Crippen molar-refractivity contribution in [2.75, 3.05) is 18.6 Å². The fourth-order valence-corrected chi connectivity index (χ4v) is 4.58. The van der Waals surface area contributed by atoms with Gasteiger partial charge in [0, 0.05) is 12.6 Å². The Hall–Kier alpha value is -3.44. The van der Waals surface area contributed by atoms with Crippen LogP contribution in [-0.4, -0.2) is 36.8 Å². The van der Waals surface area contributed by atoms with Gasteiger partial charge in [0.15, 0.2) is 0 Å². The van der Waals surface area contributed by atoms with Gasteiger partial charge in [-0.3, -0.25) is 9.80 Å².